The topological polar surface area (TPSA) is 70.2 Å². The summed E-state index contributed by atoms with van der Waals surface area (Å²) in [6.07, 6.45) is 2.55. The highest BCUT2D eigenvalue weighted by Crippen LogP contribution is 2.13. The lowest BCUT2D eigenvalue weighted by molar-refractivity contribution is -0.124. The van der Waals surface area contributed by atoms with Crippen molar-refractivity contribution in [2.75, 3.05) is 18.4 Å². The van der Waals surface area contributed by atoms with Gasteiger partial charge in [-0.3, -0.25) is 9.59 Å². The molecular formula is C14H18ClN3O2. The van der Waals surface area contributed by atoms with Crippen molar-refractivity contribution in [2.45, 2.75) is 25.3 Å². The Hall–Kier alpha value is -1.59. The van der Waals surface area contributed by atoms with Crippen molar-refractivity contribution in [1.82, 2.24) is 10.6 Å². The van der Waals surface area contributed by atoms with E-state index in [0.717, 1.165) is 19.4 Å². The zero-order valence-electron chi connectivity index (χ0n) is 11.1. The van der Waals surface area contributed by atoms with Gasteiger partial charge in [-0.15, -0.1) is 0 Å². The first kappa shape index (κ1) is 14.8. The number of carbonyl (C=O) groups excluding carboxylic acids is 2. The maximum Gasteiger partial charge on any atom is 0.243 e. The molecule has 0 aliphatic carbocycles. The second kappa shape index (κ2) is 7.26. The Morgan fingerprint density at radius 3 is 2.65 bits per heavy atom. The molecule has 2 rings (SSSR count). The number of halogens is 1. The molecular weight excluding hydrogens is 278 g/mol. The van der Waals surface area contributed by atoms with Gasteiger partial charge in [0.15, 0.2) is 0 Å². The van der Waals surface area contributed by atoms with Gasteiger partial charge in [0.1, 0.15) is 0 Å². The Labute approximate surface area is 123 Å². The fourth-order valence-corrected chi connectivity index (χ4v) is 2.27. The predicted molar refractivity (Wildman–Crippen MR) is 78.7 cm³/mol. The molecule has 2 amide bonds. The van der Waals surface area contributed by atoms with Crippen LogP contribution in [0.5, 0.6) is 0 Å². The van der Waals surface area contributed by atoms with E-state index in [0.29, 0.717) is 17.1 Å². The van der Waals surface area contributed by atoms with E-state index in [1.807, 2.05) is 0 Å². The van der Waals surface area contributed by atoms with Crippen LogP contribution >= 0.6 is 11.6 Å². The summed E-state index contributed by atoms with van der Waals surface area (Å²) in [5.74, 6) is -0.351. The molecule has 1 fully saturated rings. The zero-order chi connectivity index (χ0) is 14.4. The summed E-state index contributed by atoms with van der Waals surface area (Å²) in [6, 6.07) is 7.06. The lowest BCUT2D eigenvalue weighted by Crippen LogP contribution is -2.36. The molecule has 1 unspecified atom stereocenters. The molecule has 1 heterocycles. The number of rotatable bonds is 5. The molecule has 6 heteroatoms. The third kappa shape index (κ3) is 4.83. The van der Waals surface area contributed by atoms with Gasteiger partial charge in [0.25, 0.3) is 0 Å². The van der Waals surface area contributed by atoms with Crippen LogP contribution in [0.15, 0.2) is 24.3 Å². The minimum atomic E-state index is -0.250. The number of amides is 2. The van der Waals surface area contributed by atoms with Crippen molar-refractivity contribution < 1.29 is 9.59 Å². The number of anilines is 1. The average molecular weight is 296 g/mol. The van der Waals surface area contributed by atoms with E-state index >= 15 is 0 Å². The first-order chi connectivity index (χ1) is 9.63. The third-order valence-electron chi connectivity index (χ3n) is 3.17. The molecule has 1 atom stereocenters. The first-order valence-corrected chi connectivity index (χ1v) is 7.07. The van der Waals surface area contributed by atoms with E-state index in [1.165, 1.54) is 0 Å². The Kier molecular flexibility index (Phi) is 5.38. The predicted octanol–water partition coefficient (Wildman–Crippen LogP) is 1.54. The molecule has 0 saturated carbocycles. The summed E-state index contributed by atoms with van der Waals surface area (Å²) < 4.78 is 0. The standard InChI is InChI=1S/C14H18ClN3O2/c15-10-3-5-11(6-4-10)18-14(20)9-17-13(19)8-12-2-1-7-16-12/h3-6,12,16H,1-2,7-9H2,(H,17,19)(H,18,20). The number of hydrogen-bond acceptors (Lipinski definition) is 3. The largest absolute Gasteiger partial charge is 0.347 e. The Bertz CT molecular complexity index is 470. The van der Waals surface area contributed by atoms with Crippen LogP contribution in [0, 0.1) is 0 Å². The van der Waals surface area contributed by atoms with Gasteiger partial charge in [0, 0.05) is 23.2 Å². The number of nitrogens with one attached hydrogen (secondary N) is 3. The SMILES string of the molecule is O=C(CC1CCCN1)NCC(=O)Nc1ccc(Cl)cc1. The summed E-state index contributed by atoms with van der Waals surface area (Å²) in [4.78, 5) is 23.3. The molecule has 0 radical (unpaired) electrons. The van der Waals surface area contributed by atoms with Crippen LogP contribution in [-0.2, 0) is 9.59 Å². The molecule has 20 heavy (non-hydrogen) atoms. The van der Waals surface area contributed by atoms with Crippen molar-refractivity contribution in [3.63, 3.8) is 0 Å². The molecule has 0 bridgehead atoms. The molecule has 3 N–H and O–H groups in total. The van der Waals surface area contributed by atoms with Crippen LogP contribution in [0.3, 0.4) is 0 Å². The van der Waals surface area contributed by atoms with Crippen LogP contribution in [-0.4, -0.2) is 30.9 Å². The summed E-state index contributed by atoms with van der Waals surface area (Å²) in [5.41, 5.74) is 0.658. The van der Waals surface area contributed by atoms with Crippen LogP contribution in [0.2, 0.25) is 5.02 Å². The van der Waals surface area contributed by atoms with Gasteiger partial charge in [-0.25, -0.2) is 0 Å². The maximum absolute atomic E-state index is 11.7. The maximum atomic E-state index is 11.7. The van der Waals surface area contributed by atoms with Gasteiger partial charge >= 0.3 is 0 Å². The molecule has 1 saturated heterocycles. The highest BCUT2D eigenvalue weighted by Gasteiger charge is 2.17. The van der Waals surface area contributed by atoms with Crippen molar-refractivity contribution in [2.24, 2.45) is 0 Å². The minimum Gasteiger partial charge on any atom is -0.347 e. The fraction of sp³-hybridized carbons (Fsp3) is 0.429. The van der Waals surface area contributed by atoms with Gasteiger partial charge in [-0.1, -0.05) is 11.6 Å². The molecule has 0 aromatic heterocycles. The molecule has 0 spiro atoms. The summed E-state index contributed by atoms with van der Waals surface area (Å²) >= 11 is 5.76. The van der Waals surface area contributed by atoms with Crippen LogP contribution < -0.4 is 16.0 Å². The van der Waals surface area contributed by atoms with Crippen molar-refractivity contribution in [3.8, 4) is 0 Å². The van der Waals surface area contributed by atoms with E-state index in [9.17, 15) is 9.59 Å². The quantitative estimate of drug-likeness (QED) is 0.772. The molecule has 1 aliphatic heterocycles. The summed E-state index contributed by atoms with van der Waals surface area (Å²) in [5, 5.41) is 9.17. The first-order valence-electron chi connectivity index (χ1n) is 6.69. The summed E-state index contributed by atoms with van der Waals surface area (Å²) in [7, 11) is 0. The highest BCUT2D eigenvalue weighted by molar-refractivity contribution is 6.30. The van der Waals surface area contributed by atoms with Crippen molar-refractivity contribution in [1.29, 1.82) is 0 Å². The Morgan fingerprint density at radius 1 is 1.25 bits per heavy atom. The van der Waals surface area contributed by atoms with Gasteiger partial charge in [0.2, 0.25) is 11.8 Å². The minimum absolute atomic E-state index is 0.0197. The molecule has 1 aromatic rings. The molecule has 1 aliphatic rings. The van der Waals surface area contributed by atoms with Crippen molar-refractivity contribution >= 4 is 29.1 Å². The Balaban J connectivity index is 1.69. The van der Waals surface area contributed by atoms with Gasteiger partial charge in [-0.2, -0.15) is 0 Å². The number of benzene rings is 1. The molecule has 5 nitrogen and oxygen atoms in total. The van der Waals surface area contributed by atoms with Crippen molar-refractivity contribution in [3.05, 3.63) is 29.3 Å². The monoisotopic (exact) mass is 295 g/mol. The lowest BCUT2D eigenvalue weighted by Gasteiger charge is -2.10. The molecule has 108 valence electrons. The van der Waals surface area contributed by atoms with E-state index < -0.39 is 0 Å². The van der Waals surface area contributed by atoms with Crippen LogP contribution in [0.4, 0.5) is 5.69 Å². The van der Waals surface area contributed by atoms with Crippen LogP contribution in [0.1, 0.15) is 19.3 Å². The normalized spacial score (nSPS) is 17.8. The Morgan fingerprint density at radius 2 is 2.00 bits per heavy atom. The van der Waals surface area contributed by atoms with E-state index in [4.69, 9.17) is 11.6 Å². The van der Waals surface area contributed by atoms with Gasteiger partial charge in [0.05, 0.1) is 6.54 Å². The zero-order valence-corrected chi connectivity index (χ0v) is 11.9. The fourth-order valence-electron chi connectivity index (χ4n) is 2.14. The number of hydrogen-bond donors (Lipinski definition) is 3. The highest BCUT2D eigenvalue weighted by atomic mass is 35.5. The van der Waals surface area contributed by atoms with Gasteiger partial charge < -0.3 is 16.0 Å². The van der Waals surface area contributed by atoms with E-state index in [-0.39, 0.29) is 24.4 Å². The lowest BCUT2D eigenvalue weighted by atomic mass is 10.1. The van der Waals surface area contributed by atoms with Crippen LogP contribution in [0.25, 0.3) is 0 Å². The van der Waals surface area contributed by atoms with E-state index in [1.54, 1.807) is 24.3 Å². The second-order valence-corrected chi connectivity index (χ2v) is 5.27. The number of carbonyl (C=O) groups is 2. The average Bonchev–Trinajstić information content (AvgIpc) is 2.92. The van der Waals surface area contributed by atoms with Gasteiger partial charge in [-0.05, 0) is 43.7 Å². The smallest absolute Gasteiger partial charge is 0.243 e. The molecule has 1 aromatic carbocycles. The second-order valence-electron chi connectivity index (χ2n) is 4.83. The summed E-state index contributed by atoms with van der Waals surface area (Å²) in [6.45, 7) is 0.948. The third-order valence-corrected chi connectivity index (χ3v) is 3.42. The van der Waals surface area contributed by atoms with E-state index in [2.05, 4.69) is 16.0 Å².